The monoisotopic (exact) mass is 265 g/mol. The second-order valence-electron chi connectivity index (χ2n) is 3.98. The molecular formula is C15H11N3O2. The Bertz CT molecular complexity index is 702. The van der Waals surface area contributed by atoms with Crippen molar-refractivity contribution in [3.05, 3.63) is 76.2 Å². The molecule has 0 aromatic heterocycles. The molecule has 2 rings (SSSR count). The number of benzene rings is 2. The SMILES string of the molecule is [N-]=[N+]=Nc1ccccc1C(=Cc1ccccc1)C(=O)O. The molecule has 5 heteroatoms. The summed E-state index contributed by atoms with van der Waals surface area (Å²) in [5, 5.41) is 12.9. The van der Waals surface area contributed by atoms with Gasteiger partial charge < -0.3 is 5.11 Å². The number of aliphatic carboxylic acids is 1. The lowest BCUT2D eigenvalue weighted by Crippen LogP contribution is -1.99. The van der Waals surface area contributed by atoms with Gasteiger partial charge in [0, 0.05) is 10.6 Å². The predicted molar refractivity (Wildman–Crippen MR) is 77.2 cm³/mol. The summed E-state index contributed by atoms with van der Waals surface area (Å²) in [6.45, 7) is 0. The smallest absolute Gasteiger partial charge is 0.336 e. The molecule has 5 nitrogen and oxygen atoms in total. The molecular weight excluding hydrogens is 254 g/mol. The maximum Gasteiger partial charge on any atom is 0.336 e. The van der Waals surface area contributed by atoms with Crippen LogP contribution in [-0.2, 0) is 4.79 Å². The van der Waals surface area contributed by atoms with Gasteiger partial charge in [-0.05, 0) is 22.7 Å². The van der Waals surface area contributed by atoms with Crippen molar-refractivity contribution in [3.63, 3.8) is 0 Å². The molecule has 0 radical (unpaired) electrons. The van der Waals surface area contributed by atoms with Gasteiger partial charge >= 0.3 is 5.97 Å². The van der Waals surface area contributed by atoms with Gasteiger partial charge in [-0.15, -0.1) is 0 Å². The van der Waals surface area contributed by atoms with E-state index in [0.717, 1.165) is 5.56 Å². The third-order valence-electron chi connectivity index (χ3n) is 2.69. The first-order chi connectivity index (χ1) is 9.72. The van der Waals surface area contributed by atoms with Crippen molar-refractivity contribution in [2.75, 3.05) is 0 Å². The first-order valence-electron chi connectivity index (χ1n) is 5.87. The van der Waals surface area contributed by atoms with Gasteiger partial charge in [-0.25, -0.2) is 4.79 Å². The maximum atomic E-state index is 11.5. The van der Waals surface area contributed by atoms with Crippen LogP contribution in [0.15, 0.2) is 59.7 Å². The minimum atomic E-state index is -1.07. The summed E-state index contributed by atoms with van der Waals surface area (Å²) in [5.74, 6) is -1.07. The Balaban J connectivity index is 2.58. The predicted octanol–water partition coefficient (Wildman–Crippen LogP) is 4.25. The summed E-state index contributed by atoms with van der Waals surface area (Å²) >= 11 is 0. The van der Waals surface area contributed by atoms with E-state index in [2.05, 4.69) is 10.0 Å². The van der Waals surface area contributed by atoms with Crippen molar-refractivity contribution in [1.29, 1.82) is 0 Å². The first kappa shape index (κ1) is 13.4. The Morgan fingerprint density at radius 1 is 1.10 bits per heavy atom. The molecule has 0 heterocycles. The van der Waals surface area contributed by atoms with E-state index in [1.54, 1.807) is 42.5 Å². The highest BCUT2D eigenvalue weighted by Crippen LogP contribution is 2.28. The van der Waals surface area contributed by atoms with Crippen LogP contribution in [0.1, 0.15) is 11.1 Å². The van der Waals surface area contributed by atoms with E-state index >= 15 is 0 Å². The van der Waals surface area contributed by atoms with E-state index in [0.29, 0.717) is 11.3 Å². The zero-order chi connectivity index (χ0) is 14.4. The van der Waals surface area contributed by atoms with E-state index in [9.17, 15) is 9.90 Å². The van der Waals surface area contributed by atoms with Gasteiger partial charge in [0.25, 0.3) is 0 Å². The molecule has 0 aliphatic carbocycles. The number of carboxylic acid groups (broad SMARTS) is 1. The van der Waals surface area contributed by atoms with Crippen LogP contribution in [0.5, 0.6) is 0 Å². The van der Waals surface area contributed by atoms with Crippen LogP contribution >= 0.6 is 0 Å². The molecule has 2 aromatic rings. The molecule has 20 heavy (non-hydrogen) atoms. The van der Waals surface area contributed by atoms with E-state index in [1.165, 1.54) is 0 Å². The van der Waals surface area contributed by atoms with Gasteiger partial charge in [-0.1, -0.05) is 59.7 Å². The van der Waals surface area contributed by atoms with Gasteiger partial charge in [0.15, 0.2) is 0 Å². The topological polar surface area (TPSA) is 86.1 Å². The summed E-state index contributed by atoms with van der Waals surface area (Å²) in [6.07, 6.45) is 1.55. The number of carbonyl (C=O) groups is 1. The number of rotatable bonds is 4. The van der Waals surface area contributed by atoms with Crippen molar-refractivity contribution >= 4 is 23.3 Å². The van der Waals surface area contributed by atoms with Crippen LogP contribution in [0.3, 0.4) is 0 Å². The Hall–Kier alpha value is -3.04. The molecule has 0 aliphatic heterocycles. The van der Waals surface area contributed by atoms with Crippen LogP contribution in [0, 0.1) is 0 Å². The lowest BCUT2D eigenvalue weighted by atomic mass is 10.0. The highest BCUT2D eigenvalue weighted by Gasteiger charge is 2.13. The summed E-state index contributed by atoms with van der Waals surface area (Å²) in [6, 6.07) is 15.7. The van der Waals surface area contributed by atoms with Crippen LogP contribution in [0.2, 0.25) is 0 Å². The number of hydrogen-bond acceptors (Lipinski definition) is 2. The number of nitrogens with zero attached hydrogens (tertiary/aromatic N) is 3. The molecule has 1 N–H and O–H groups in total. The average molecular weight is 265 g/mol. The van der Waals surface area contributed by atoms with Gasteiger partial charge in [-0.2, -0.15) is 0 Å². The quantitative estimate of drug-likeness (QED) is 0.294. The van der Waals surface area contributed by atoms with Crippen molar-refractivity contribution in [1.82, 2.24) is 0 Å². The fourth-order valence-corrected chi connectivity index (χ4v) is 1.81. The van der Waals surface area contributed by atoms with Crippen molar-refractivity contribution in [2.45, 2.75) is 0 Å². The van der Waals surface area contributed by atoms with E-state index in [-0.39, 0.29) is 5.57 Å². The van der Waals surface area contributed by atoms with E-state index < -0.39 is 5.97 Å². The second-order valence-corrected chi connectivity index (χ2v) is 3.98. The fraction of sp³-hybridized carbons (Fsp3) is 0. The first-order valence-corrected chi connectivity index (χ1v) is 5.87. The molecule has 98 valence electrons. The Labute approximate surface area is 115 Å². The zero-order valence-corrected chi connectivity index (χ0v) is 10.5. The summed E-state index contributed by atoms with van der Waals surface area (Å²) in [7, 11) is 0. The molecule has 0 bridgehead atoms. The average Bonchev–Trinajstić information content (AvgIpc) is 2.47. The molecule has 0 saturated carbocycles. The Morgan fingerprint density at radius 2 is 1.75 bits per heavy atom. The number of azide groups is 1. The summed E-state index contributed by atoms with van der Waals surface area (Å²) < 4.78 is 0. The lowest BCUT2D eigenvalue weighted by molar-refractivity contribution is -0.130. The molecule has 0 amide bonds. The minimum Gasteiger partial charge on any atom is -0.478 e. The van der Waals surface area contributed by atoms with Crippen LogP contribution in [-0.4, -0.2) is 11.1 Å². The molecule has 0 spiro atoms. The van der Waals surface area contributed by atoms with E-state index in [4.69, 9.17) is 5.53 Å². The second kappa shape index (κ2) is 6.22. The molecule has 0 fully saturated rings. The van der Waals surface area contributed by atoms with Crippen molar-refractivity contribution in [2.24, 2.45) is 5.11 Å². The Morgan fingerprint density at radius 3 is 2.40 bits per heavy atom. The molecule has 0 atom stereocenters. The zero-order valence-electron chi connectivity index (χ0n) is 10.5. The standard InChI is InChI=1S/C15H11N3O2/c16-18-17-14-9-5-4-8-12(14)13(15(19)20)10-11-6-2-1-3-7-11/h1-10H,(H,19,20). The van der Waals surface area contributed by atoms with Crippen LogP contribution in [0.4, 0.5) is 5.69 Å². The largest absolute Gasteiger partial charge is 0.478 e. The number of carboxylic acids is 1. The van der Waals surface area contributed by atoms with E-state index in [1.807, 2.05) is 18.2 Å². The molecule has 2 aromatic carbocycles. The third kappa shape index (κ3) is 3.04. The lowest BCUT2D eigenvalue weighted by Gasteiger charge is -2.06. The summed E-state index contributed by atoms with van der Waals surface area (Å²) in [5.41, 5.74) is 10.1. The summed E-state index contributed by atoms with van der Waals surface area (Å²) in [4.78, 5) is 14.2. The highest BCUT2D eigenvalue weighted by molar-refractivity contribution is 6.21. The molecule has 0 saturated heterocycles. The highest BCUT2D eigenvalue weighted by atomic mass is 16.4. The minimum absolute atomic E-state index is 0.0826. The van der Waals surface area contributed by atoms with Crippen molar-refractivity contribution < 1.29 is 9.90 Å². The normalized spacial score (nSPS) is 10.7. The van der Waals surface area contributed by atoms with Gasteiger partial charge in [0.2, 0.25) is 0 Å². The Kier molecular flexibility index (Phi) is 4.17. The molecule has 0 aliphatic rings. The third-order valence-corrected chi connectivity index (χ3v) is 2.69. The van der Waals surface area contributed by atoms with Gasteiger partial charge in [0.05, 0.1) is 5.57 Å². The van der Waals surface area contributed by atoms with Crippen LogP contribution < -0.4 is 0 Å². The van der Waals surface area contributed by atoms with Crippen molar-refractivity contribution in [3.8, 4) is 0 Å². The molecule has 0 unspecified atom stereocenters. The number of hydrogen-bond donors (Lipinski definition) is 1. The maximum absolute atomic E-state index is 11.5. The fourth-order valence-electron chi connectivity index (χ4n) is 1.81. The van der Waals surface area contributed by atoms with Gasteiger partial charge in [-0.3, -0.25) is 0 Å². The van der Waals surface area contributed by atoms with Crippen LogP contribution in [0.25, 0.3) is 22.1 Å². The van der Waals surface area contributed by atoms with Gasteiger partial charge in [0.1, 0.15) is 0 Å².